The van der Waals surface area contributed by atoms with Crippen LogP contribution in [0.4, 0.5) is 0 Å². The Morgan fingerprint density at radius 1 is 1.24 bits per heavy atom. The molecule has 0 bridgehead atoms. The summed E-state index contributed by atoms with van der Waals surface area (Å²) in [6.45, 7) is 5.53. The molecule has 6 nitrogen and oxygen atoms in total. The molecule has 0 aliphatic rings. The van der Waals surface area contributed by atoms with E-state index in [2.05, 4.69) is 4.98 Å². The molecule has 2 heterocycles. The van der Waals surface area contributed by atoms with E-state index < -0.39 is 16.0 Å². The molecule has 0 radical (unpaired) electrons. The number of aryl methyl sites for hydroxylation is 1. The lowest BCUT2D eigenvalue weighted by Crippen LogP contribution is -2.14. The van der Waals surface area contributed by atoms with Crippen LogP contribution in [0.25, 0.3) is 27.2 Å². The van der Waals surface area contributed by atoms with Gasteiger partial charge in [0.1, 0.15) is 0 Å². The number of aliphatic carboxylic acids is 1. The van der Waals surface area contributed by atoms with Crippen LogP contribution in [0.15, 0.2) is 54.7 Å². The molecule has 174 valence electrons. The fourth-order valence-corrected chi connectivity index (χ4v) is 5.32. The minimum atomic E-state index is -3.49. The first kappa shape index (κ1) is 25.0. The number of halogens is 1. The van der Waals surface area contributed by atoms with Gasteiger partial charge in [-0.1, -0.05) is 43.7 Å². The number of carboxylic acid groups (broad SMARTS) is 1. The molecule has 33 heavy (non-hydrogen) atoms. The Kier molecular flexibility index (Phi) is 7.94. The van der Waals surface area contributed by atoms with Crippen LogP contribution >= 0.6 is 22.9 Å². The highest BCUT2D eigenvalue weighted by Crippen LogP contribution is 2.24. The summed E-state index contributed by atoms with van der Waals surface area (Å²) in [7, 11) is -3.49. The maximum atomic E-state index is 12.7. The predicted octanol–water partition coefficient (Wildman–Crippen LogP) is 6.22. The fourth-order valence-electron chi connectivity index (χ4n) is 3.05. The quantitative estimate of drug-likeness (QED) is 0.336. The van der Waals surface area contributed by atoms with Gasteiger partial charge in [0.05, 0.1) is 32.4 Å². The Morgan fingerprint density at radius 2 is 2.00 bits per heavy atom. The van der Waals surface area contributed by atoms with Crippen LogP contribution in [0.5, 0.6) is 0 Å². The Labute approximate surface area is 202 Å². The summed E-state index contributed by atoms with van der Waals surface area (Å²) in [5, 5.41) is 10.6. The average molecular weight is 505 g/mol. The number of rotatable bonds is 6. The Hall–Kier alpha value is -2.68. The van der Waals surface area contributed by atoms with Crippen LogP contribution < -0.4 is 0 Å². The van der Waals surface area contributed by atoms with E-state index >= 15 is 0 Å². The zero-order valence-electron chi connectivity index (χ0n) is 18.5. The number of thiazole rings is 1. The van der Waals surface area contributed by atoms with E-state index in [-0.39, 0.29) is 11.7 Å². The molecule has 0 spiro atoms. The summed E-state index contributed by atoms with van der Waals surface area (Å²) in [6.07, 6.45) is 5.78. The number of benzene rings is 2. The second-order valence-corrected chi connectivity index (χ2v) is 11.2. The number of hydrogen-bond donors (Lipinski definition) is 1. The van der Waals surface area contributed by atoms with Gasteiger partial charge >= 0.3 is 5.97 Å². The summed E-state index contributed by atoms with van der Waals surface area (Å²) < 4.78 is 27.7. The van der Waals surface area contributed by atoms with E-state index in [1.54, 1.807) is 54.8 Å². The van der Waals surface area contributed by atoms with Crippen LogP contribution in [0.1, 0.15) is 30.8 Å². The monoisotopic (exact) mass is 504 g/mol. The molecule has 0 saturated carbocycles. The van der Waals surface area contributed by atoms with Crippen molar-refractivity contribution in [3.05, 3.63) is 70.3 Å². The smallest absolute Gasteiger partial charge is 0.306 e. The Morgan fingerprint density at radius 3 is 2.67 bits per heavy atom. The summed E-state index contributed by atoms with van der Waals surface area (Å²) in [5.74, 6) is -0.971. The molecule has 4 rings (SSSR count). The van der Waals surface area contributed by atoms with Crippen LogP contribution in [0.2, 0.25) is 5.02 Å². The SMILES string of the molecule is CCC(C)C(=O)O.Cc1nc2ccc(C=CCS(=O)(=O)n3ccc4cc(Cl)ccc43)cc2s1. The molecule has 0 fully saturated rings. The van der Waals surface area contributed by atoms with Gasteiger partial charge in [-0.05, 0) is 55.3 Å². The van der Waals surface area contributed by atoms with Gasteiger partial charge in [-0.25, -0.2) is 17.4 Å². The normalized spacial score (nSPS) is 12.7. The number of nitrogens with zero attached hydrogens (tertiary/aromatic N) is 2. The van der Waals surface area contributed by atoms with Crippen molar-refractivity contribution in [2.24, 2.45) is 5.92 Å². The third-order valence-electron chi connectivity index (χ3n) is 5.09. The number of aromatic nitrogens is 2. The van der Waals surface area contributed by atoms with Gasteiger partial charge in [-0.15, -0.1) is 11.3 Å². The van der Waals surface area contributed by atoms with Gasteiger partial charge in [0.15, 0.2) is 0 Å². The van der Waals surface area contributed by atoms with Gasteiger partial charge < -0.3 is 5.11 Å². The van der Waals surface area contributed by atoms with E-state index in [0.717, 1.165) is 32.6 Å². The van der Waals surface area contributed by atoms with Gasteiger partial charge in [-0.3, -0.25) is 4.79 Å². The zero-order chi connectivity index (χ0) is 24.2. The molecule has 1 N–H and O–H groups in total. The van der Waals surface area contributed by atoms with E-state index in [1.165, 1.54) is 3.97 Å². The van der Waals surface area contributed by atoms with Gasteiger partial charge in [0, 0.05) is 16.6 Å². The van der Waals surface area contributed by atoms with Crippen molar-refractivity contribution >= 4 is 66.1 Å². The van der Waals surface area contributed by atoms with Crippen LogP contribution in [0, 0.1) is 12.8 Å². The summed E-state index contributed by atoms with van der Waals surface area (Å²) >= 11 is 7.59. The van der Waals surface area contributed by atoms with E-state index in [4.69, 9.17) is 16.7 Å². The molecule has 0 aliphatic carbocycles. The van der Waals surface area contributed by atoms with Crippen LogP contribution in [-0.2, 0) is 14.8 Å². The van der Waals surface area contributed by atoms with Gasteiger partial charge in [0.25, 0.3) is 0 Å². The van der Waals surface area contributed by atoms with Crippen molar-refractivity contribution in [1.29, 1.82) is 0 Å². The van der Waals surface area contributed by atoms with Crippen molar-refractivity contribution in [1.82, 2.24) is 8.96 Å². The highest BCUT2D eigenvalue weighted by atomic mass is 35.5. The number of fused-ring (bicyclic) bond motifs is 2. The molecule has 2 aromatic heterocycles. The fraction of sp³-hybridized carbons (Fsp3) is 0.250. The minimum absolute atomic E-state index is 0.0842. The molecule has 0 saturated heterocycles. The van der Waals surface area contributed by atoms with E-state index in [9.17, 15) is 13.2 Å². The minimum Gasteiger partial charge on any atom is -0.481 e. The largest absolute Gasteiger partial charge is 0.481 e. The lowest BCUT2D eigenvalue weighted by atomic mass is 10.1. The first-order chi connectivity index (χ1) is 15.6. The third-order valence-corrected chi connectivity index (χ3v) is 7.79. The first-order valence-electron chi connectivity index (χ1n) is 10.4. The molecule has 9 heteroatoms. The highest BCUT2D eigenvalue weighted by molar-refractivity contribution is 7.90. The second kappa shape index (κ2) is 10.5. The van der Waals surface area contributed by atoms with E-state index in [1.807, 2.05) is 38.1 Å². The Bertz CT molecular complexity index is 1420. The molecule has 4 aromatic rings. The maximum absolute atomic E-state index is 12.7. The number of hydrogen-bond acceptors (Lipinski definition) is 5. The van der Waals surface area contributed by atoms with Gasteiger partial charge in [0.2, 0.25) is 10.0 Å². The highest BCUT2D eigenvalue weighted by Gasteiger charge is 2.14. The Balaban J connectivity index is 0.000000383. The molecule has 0 amide bonds. The lowest BCUT2D eigenvalue weighted by Gasteiger charge is -2.05. The van der Waals surface area contributed by atoms with Gasteiger partial charge in [-0.2, -0.15) is 0 Å². The first-order valence-corrected chi connectivity index (χ1v) is 13.2. The van der Waals surface area contributed by atoms with Crippen molar-refractivity contribution < 1.29 is 18.3 Å². The molecular formula is C24H25ClN2O4S2. The zero-order valence-corrected chi connectivity index (χ0v) is 20.9. The van der Waals surface area contributed by atoms with Crippen molar-refractivity contribution in [3.8, 4) is 0 Å². The van der Waals surface area contributed by atoms with Crippen molar-refractivity contribution in [2.45, 2.75) is 27.2 Å². The molecular weight excluding hydrogens is 480 g/mol. The third kappa shape index (κ3) is 6.22. The lowest BCUT2D eigenvalue weighted by molar-refractivity contribution is -0.141. The summed E-state index contributed by atoms with van der Waals surface area (Å²) in [5.41, 5.74) is 2.56. The molecule has 1 unspecified atom stereocenters. The van der Waals surface area contributed by atoms with Crippen molar-refractivity contribution in [2.75, 3.05) is 5.75 Å². The molecule has 0 aliphatic heterocycles. The maximum Gasteiger partial charge on any atom is 0.306 e. The summed E-state index contributed by atoms with van der Waals surface area (Å²) in [6, 6.07) is 12.8. The number of carboxylic acids is 1. The summed E-state index contributed by atoms with van der Waals surface area (Å²) in [4.78, 5) is 14.4. The van der Waals surface area contributed by atoms with Crippen LogP contribution in [-0.4, -0.2) is 34.2 Å². The average Bonchev–Trinajstić information content (AvgIpc) is 3.35. The van der Waals surface area contributed by atoms with Crippen molar-refractivity contribution in [3.63, 3.8) is 0 Å². The van der Waals surface area contributed by atoms with E-state index in [0.29, 0.717) is 10.5 Å². The topological polar surface area (TPSA) is 89.3 Å². The predicted molar refractivity (Wildman–Crippen MR) is 137 cm³/mol. The standard InChI is InChI=1S/C19H15ClN2O2S2.C5H10O2/c1-13-21-17-6-4-14(11-19(17)25-13)3-2-10-26(23,24)22-9-8-15-12-16(20)5-7-18(15)22;1-3-4(2)5(6)7/h2-9,11-12H,10H2,1H3;4H,3H2,1-2H3,(H,6,7). The van der Waals surface area contributed by atoms with Crippen LogP contribution in [0.3, 0.4) is 0 Å². The number of carbonyl (C=O) groups is 1. The molecule has 1 atom stereocenters. The molecule has 2 aromatic carbocycles. The second-order valence-electron chi connectivity index (χ2n) is 7.60.